The average molecular weight is 471 g/mol. The summed E-state index contributed by atoms with van der Waals surface area (Å²) in [5.41, 5.74) is 2.34. The van der Waals surface area contributed by atoms with E-state index in [4.69, 9.17) is 4.74 Å². The average Bonchev–Trinajstić information content (AvgIpc) is 2.80. The first-order chi connectivity index (χ1) is 16.1. The Morgan fingerprint density at radius 1 is 1.21 bits per heavy atom. The topological polar surface area (TPSA) is 62.7 Å². The molecule has 0 spiro atoms. The highest BCUT2D eigenvalue weighted by Crippen LogP contribution is 2.34. The number of benzene rings is 1. The van der Waals surface area contributed by atoms with Crippen LogP contribution in [0.2, 0.25) is 0 Å². The SMILES string of the molecule is COc1ccc2nccc(CCCC3CCN(CCSC4CCC4)CC3CCC(=O)O)c2c1. The first-order valence-electron chi connectivity index (χ1n) is 12.6. The summed E-state index contributed by atoms with van der Waals surface area (Å²) in [5.74, 6) is 2.55. The minimum Gasteiger partial charge on any atom is -0.497 e. The van der Waals surface area contributed by atoms with E-state index >= 15 is 0 Å². The second-order valence-electron chi connectivity index (χ2n) is 9.71. The molecule has 4 rings (SSSR count). The maximum absolute atomic E-state index is 11.3. The molecular weight excluding hydrogens is 432 g/mol. The van der Waals surface area contributed by atoms with Crippen LogP contribution >= 0.6 is 11.8 Å². The molecule has 6 heteroatoms. The molecule has 1 saturated carbocycles. The van der Waals surface area contributed by atoms with E-state index in [9.17, 15) is 9.90 Å². The van der Waals surface area contributed by atoms with E-state index in [-0.39, 0.29) is 0 Å². The number of methoxy groups -OCH3 is 1. The molecule has 0 radical (unpaired) electrons. The molecule has 2 aliphatic rings. The zero-order chi connectivity index (χ0) is 23.0. The van der Waals surface area contributed by atoms with E-state index in [0.29, 0.717) is 18.3 Å². The Labute approximate surface area is 202 Å². The van der Waals surface area contributed by atoms with Crippen LogP contribution in [0.3, 0.4) is 0 Å². The Morgan fingerprint density at radius 3 is 2.85 bits per heavy atom. The number of piperidine rings is 1. The quantitative estimate of drug-likeness (QED) is 0.432. The Balaban J connectivity index is 1.31. The molecule has 33 heavy (non-hydrogen) atoms. The number of nitrogens with zero attached hydrogens (tertiary/aromatic N) is 2. The van der Waals surface area contributed by atoms with Gasteiger partial charge in [-0.15, -0.1) is 0 Å². The molecule has 1 saturated heterocycles. The predicted molar refractivity (Wildman–Crippen MR) is 136 cm³/mol. The molecule has 1 aromatic heterocycles. The van der Waals surface area contributed by atoms with Crippen molar-refractivity contribution in [2.24, 2.45) is 11.8 Å². The number of pyridine rings is 1. The van der Waals surface area contributed by atoms with Gasteiger partial charge in [0.1, 0.15) is 5.75 Å². The highest BCUT2D eigenvalue weighted by Gasteiger charge is 2.29. The van der Waals surface area contributed by atoms with Gasteiger partial charge in [-0.1, -0.05) is 6.42 Å². The predicted octanol–water partition coefficient (Wildman–Crippen LogP) is 5.65. The van der Waals surface area contributed by atoms with Crippen LogP contribution < -0.4 is 4.74 Å². The number of likely N-dealkylation sites (tertiary alicyclic amines) is 1. The van der Waals surface area contributed by atoms with Crippen LogP contribution in [-0.2, 0) is 11.2 Å². The van der Waals surface area contributed by atoms with E-state index in [1.807, 2.05) is 18.3 Å². The summed E-state index contributed by atoms with van der Waals surface area (Å²) < 4.78 is 5.42. The van der Waals surface area contributed by atoms with Gasteiger partial charge in [0.25, 0.3) is 0 Å². The van der Waals surface area contributed by atoms with Gasteiger partial charge in [0.05, 0.1) is 12.6 Å². The third-order valence-electron chi connectivity index (χ3n) is 7.58. The number of aryl methyl sites for hydroxylation is 1. The van der Waals surface area contributed by atoms with Gasteiger partial charge in [0, 0.05) is 42.1 Å². The van der Waals surface area contributed by atoms with Crippen LogP contribution in [0.4, 0.5) is 0 Å². The van der Waals surface area contributed by atoms with Gasteiger partial charge in [-0.25, -0.2) is 0 Å². The Hall–Kier alpha value is -1.79. The summed E-state index contributed by atoms with van der Waals surface area (Å²) >= 11 is 2.14. The summed E-state index contributed by atoms with van der Waals surface area (Å²) in [4.78, 5) is 18.4. The molecule has 0 amide bonds. The molecule has 1 aromatic carbocycles. The van der Waals surface area contributed by atoms with Crippen molar-refractivity contribution in [3.63, 3.8) is 0 Å². The molecule has 2 unspecified atom stereocenters. The molecule has 2 atom stereocenters. The van der Waals surface area contributed by atoms with Crippen molar-refractivity contribution < 1.29 is 14.6 Å². The third-order valence-corrected chi connectivity index (χ3v) is 8.94. The zero-order valence-electron chi connectivity index (χ0n) is 19.9. The van der Waals surface area contributed by atoms with Crippen LogP contribution in [0.1, 0.15) is 56.9 Å². The summed E-state index contributed by atoms with van der Waals surface area (Å²) in [6.45, 7) is 3.38. The van der Waals surface area contributed by atoms with Crippen LogP contribution in [0.15, 0.2) is 30.5 Å². The number of carboxylic acids is 1. The molecule has 2 heterocycles. The molecule has 5 nitrogen and oxygen atoms in total. The highest BCUT2D eigenvalue weighted by atomic mass is 32.2. The number of aliphatic carboxylic acids is 1. The van der Waals surface area contributed by atoms with E-state index in [2.05, 4.69) is 33.8 Å². The molecule has 2 aromatic rings. The van der Waals surface area contributed by atoms with E-state index < -0.39 is 5.97 Å². The molecule has 1 aliphatic heterocycles. The van der Waals surface area contributed by atoms with Gasteiger partial charge in [-0.05, 0) is 93.2 Å². The summed E-state index contributed by atoms with van der Waals surface area (Å²) in [5, 5.41) is 11.3. The lowest BCUT2D eigenvalue weighted by Gasteiger charge is -2.39. The number of carbonyl (C=O) groups is 1. The van der Waals surface area contributed by atoms with Crippen molar-refractivity contribution in [1.82, 2.24) is 9.88 Å². The lowest BCUT2D eigenvalue weighted by atomic mass is 9.79. The van der Waals surface area contributed by atoms with E-state index in [1.54, 1.807) is 7.11 Å². The molecule has 0 bridgehead atoms. The molecule has 2 fully saturated rings. The highest BCUT2D eigenvalue weighted by molar-refractivity contribution is 7.99. The number of ether oxygens (including phenoxy) is 1. The molecule has 1 aliphatic carbocycles. The van der Waals surface area contributed by atoms with Gasteiger partial charge in [0.2, 0.25) is 0 Å². The van der Waals surface area contributed by atoms with Gasteiger partial charge in [-0.3, -0.25) is 9.78 Å². The van der Waals surface area contributed by atoms with E-state index in [1.165, 1.54) is 48.8 Å². The number of fused-ring (bicyclic) bond motifs is 1. The Bertz CT molecular complexity index is 917. The fourth-order valence-corrected chi connectivity index (χ4v) is 6.71. The van der Waals surface area contributed by atoms with Crippen LogP contribution in [0.25, 0.3) is 10.9 Å². The second kappa shape index (κ2) is 12.1. The summed E-state index contributed by atoms with van der Waals surface area (Å²) in [7, 11) is 1.70. The fourth-order valence-electron chi connectivity index (χ4n) is 5.34. The van der Waals surface area contributed by atoms with Crippen molar-refractivity contribution in [3.8, 4) is 5.75 Å². The number of thioether (sulfide) groups is 1. The van der Waals surface area contributed by atoms with Crippen molar-refractivity contribution in [1.29, 1.82) is 0 Å². The standard InChI is InChI=1S/C27H38N2O3S/c1-32-23-9-10-26-25(18-23)21(12-14-28-26)5-2-4-20-13-15-29(16-17-33-24-6-3-7-24)19-22(20)8-11-27(30)31/h9-10,12,14,18,20,22,24H,2-8,11,13,15-17,19H2,1H3,(H,30,31). The van der Waals surface area contributed by atoms with Gasteiger partial charge in [0.15, 0.2) is 0 Å². The van der Waals surface area contributed by atoms with Crippen LogP contribution in [0, 0.1) is 11.8 Å². The van der Waals surface area contributed by atoms with Crippen molar-refractivity contribution in [2.75, 3.05) is 32.5 Å². The largest absolute Gasteiger partial charge is 0.497 e. The third kappa shape index (κ3) is 6.86. The van der Waals surface area contributed by atoms with Crippen molar-refractivity contribution >= 4 is 28.6 Å². The van der Waals surface area contributed by atoms with Crippen molar-refractivity contribution in [3.05, 3.63) is 36.0 Å². The number of aromatic nitrogens is 1. The first-order valence-corrected chi connectivity index (χ1v) is 13.6. The normalized spacial score (nSPS) is 21.7. The maximum Gasteiger partial charge on any atom is 0.303 e. The lowest BCUT2D eigenvalue weighted by molar-refractivity contribution is -0.137. The summed E-state index contributed by atoms with van der Waals surface area (Å²) in [6, 6.07) is 8.21. The molecular formula is C27H38N2O3S. The second-order valence-corrected chi connectivity index (χ2v) is 11.1. The van der Waals surface area contributed by atoms with Gasteiger partial charge >= 0.3 is 5.97 Å². The van der Waals surface area contributed by atoms with Crippen LogP contribution in [-0.4, -0.2) is 58.7 Å². The number of hydrogen-bond donors (Lipinski definition) is 1. The maximum atomic E-state index is 11.3. The van der Waals surface area contributed by atoms with Crippen LogP contribution in [0.5, 0.6) is 5.75 Å². The minimum atomic E-state index is -0.663. The Morgan fingerprint density at radius 2 is 2.09 bits per heavy atom. The van der Waals surface area contributed by atoms with Gasteiger partial charge in [-0.2, -0.15) is 11.8 Å². The monoisotopic (exact) mass is 470 g/mol. The molecule has 1 N–H and O–H groups in total. The first kappa shape index (κ1) is 24.3. The summed E-state index contributed by atoms with van der Waals surface area (Å²) in [6.07, 6.45) is 11.7. The number of rotatable bonds is 12. The Kier molecular flexibility index (Phi) is 8.90. The smallest absolute Gasteiger partial charge is 0.303 e. The zero-order valence-corrected chi connectivity index (χ0v) is 20.7. The number of hydrogen-bond acceptors (Lipinski definition) is 5. The molecule has 180 valence electrons. The van der Waals surface area contributed by atoms with E-state index in [0.717, 1.165) is 55.4 Å². The van der Waals surface area contributed by atoms with Gasteiger partial charge < -0.3 is 14.7 Å². The minimum absolute atomic E-state index is 0.292. The number of carboxylic acid groups (broad SMARTS) is 1. The fraction of sp³-hybridized carbons (Fsp3) is 0.630. The van der Waals surface area contributed by atoms with Crippen molar-refractivity contribution in [2.45, 2.75) is 63.0 Å². The lowest BCUT2D eigenvalue weighted by Crippen LogP contribution is -2.42.